The number of para-hydroxylation sites is 1. The molecular formula is C28H30FN5O4. The number of nitrogens with one attached hydrogen (secondary N) is 2. The average Bonchev–Trinajstić information content (AvgIpc) is 3.62. The number of anilines is 1. The Hall–Kier alpha value is -4.26. The van der Waals surface area contributed by atoms with Gasteiger partial charge in [0.05, 0.1) is 18.5 Å². The van der Waals surface area contributed by atoms with Crippen LogP contribution in [0.25, 0.3) is 0 Å². The van der Waals surface area contributed by atoms with Gasteiger partial charge in [0.1, 0.15) is 17.9 Å². The van der Waals surface area contributed by atoms with Crippen LogP contribution >= 0.6 is 0 Å². The number of likely N-dealkylation sites (N-methyl/N-ethyl adjacent to an activating group) is 1. The fourth-order valence-corrected chi connectivity index (χ4v) is 4.58. The van der Waals surface area contributed by atoms with Crippen LogP contribution in [0.3, 0.4) is 0 Å². The van der Waals surface area contributed by atoms with Gasteiger partial charge in [-0.1, -0.05) is 31.0 Å². The highest BCUT2D eigenvalue weighted by molar-refractivity contribution is 5.98. The number of nitriles is 1. The predicted molar refractivity (Wildman–Crippen MR) is 137 cm³/mol. The number of carbonyl (C=O) groups excluding carboxylic acids is 4. The van der Waals surface area contributed by atoms with E-state index in [0.29, 0.717) is 18.0 Å². The van der Waals surface area contributed by atoms with Gasteiger partial charge in [0.25, 0.3) is 5.91 Å². The van der Waals surface area contributed by atoms with Crippen LogP contribution in [-0.4, -0.2) is 65.6 Å². The molecule has 4 amide bonds. The summed E-state index contributed by atoms with van der Waals surface area (Å²) >= 11 is 0. The lowest BCUT2D eigenvalue weighted by molar-refractivity contribution is -0.140. The van der Waals surface area contributed by atoms with Crippen LogP contribution in [0.1, 0.15) is 36.0 Å². The van der Waals surface area contributed by atoms with Gasteiger partial charge in [-0.25, -0.2) is 4.39 Å². The van der Waals surface area contributed by atoms with Gasteiger partial charge in [0, 0.05) is 24.8 Å². The SMILES string of the molecule is CN(CC(=O)N1CC(C(=O)Nc2ccccc2)CC1C#N)C(=O)C(CC1CC1)NC(=O)c1ccc(F)cc1. The highest BCUT2D eigenvalue weighted by atomic mass is 19.1. The minimum Gasteiger partial charge on any atom is -0.340 e. The molecule has 1 heterocycles. The molecule has 0 aromatic heterocycles. The van der Waals surface area contributed by atoms with Crippen LogP contribution in [0, 0.1) is 29.0 Å². The van der Waals surface area contributed by atoms with E-state index in [1.54, 1.807) is 24.3 Å². The molecule has 0 radical (unpaired) electrons. The molecule has 198 valence electrons. The number of rotatable bonds is 9. The smallest absolute Gasteiger partial charge is 0.251 e. The van der Waals surface area contributed by atoms with E-state index in [4.69, 9.17) is 0 Å². The molecule has 2 aliphatic rings. The second kappa shape index (κ2) is 11.9. The van der Waals surface area contributed by atoms with E-state index < -0.39 is 41.5 Å². The maximum Gasteiger partial charge on any atom is 0.251 e. The first-order chi connectivity index (χ1) is 18.2. The summed E-state index contributed by atoms with van der Waals surface area (Å²) in [6, 6.07) is 14.4. The van der Waals surface area contributed by atoms with Gasteiger partial charge in [0.15, 0.2) is 0 Å². The Balaban J connectivity index is 1.37. The molecule has 2 N–H and O–H groups in total. The highest BCUT2D eigenvalue weighted by Crippen LogP contribution is 2.34. The summed E-state index contributed by atoms with van der Waals surface area (Å²) in [4.78, 5) is 54.4. The molecule has 4 rings (SSSR count). The van der Waals surface area contributed by atoms with Crippen LogP contribution in [0.4, 0.5) is 10.1 Å². The van der Waals surface area contributed by atoms with Crippen molar-refractivity contribution in [1.29, 1.82) is 5.26 Å². The number of likely N-dealkylation sites (tertiary alicyclic amines) is 1. The van der Waals surface area contributed by atoms with Crippen molar-refractivity contribution in [3.63, 3.8) is 0 Å². The summed E-state index contributed by atoms with van der Waals surface area (Å²) in [7, 11) is 1.47. The first-order valence-electron chi connectivity index (χ1n) is 12.6. The molecule has 0 bridgehead atoms. The third kappa shape index (κ3) is 6.73. The van der Waals surface area contributed by atoms with Crippen molar-refractivity contribution >= 4 is 29.3 Å². The van der Waals surface area contributed by atoms with Crippen LogP contribution in [0.15, 0.2) is 54.6 Å². The molecule has 10 heteroatoms. The standard InChI is InChI=1S/C28H30FN5O4/c1-33(28(38)24(13-18-7-8-18)32-26(36)19-9-11-21(29)12-10-19)17-25(35)34-16-20(14-23(34)15-30)27(37)31-22-5-3-2-4-6-22/h2-6,9-12,18,20,23-24H,7-8,13-14,16-17H2,1H3,(H,31,37)(H,32,36). The van der Waals surface area contributed by atoms with Crippen LogP contribution in [0.2, 0.25) is 0 Å². The van der Waals surface area contributed by atoms with Gasteiger partial charge < -0.3 is 20.4 Å². The molecule has 1 saturated carbocycles. The van der Waals surface area contributed by atoms with Crippen molar-refractivity contribution in [3.05, 3.63) is 66.0 Å². The lowest BCUT2D eigenvalue weighted by Gasteiger charge is -2.27. The van der Waals surface area contributed by atoms with E-state index in [0.717, 1.165) is 12.8 Å². The Morgan fingerprint density at radius 3 is 2.42 bits per heavy atom. The van der Waals surface area contributed by atoms with E-state index in [9.17, 15) is 28.8 Å². The molecule has 1 aliphatic heterocycles. The Labute approximate surface area is 220 Å². The summed E-state index contributed by atoms with van der Waals surface area (Å²) < 4.78 is 13.2. The van der Waals surface area contributed by atoms with Gasteiger partial charge in [-0.05, 0) is 55.2 Å². The molecule has 3 unspecified atom stereocenters. The molecule has 9 nitrogen and oxygen atoms in total. The Morgan fingerprint density at radius 1 is 1.11 bits per heavy atom. The van der Waals surface area contributed by atoms with E-state index in [1.165, 1.54) is 41.1 Å². The molecule has 2 aromatic rings. The van der Waals surface area contributed by atoms with Crippen molar-refractivity contribution in [2.24, 2.45) is 11.8 Å². The lowest BCUT2D eigenvalue weighted by atomic mass is 10.1. The number of halogens is 1. The summed E-state index contributed by atoms with van der Waals surface area (Å²) in [5.74, 6) is -2.36. The van der Waals surface area contributed by atoms with Gasteiger partial charge in [0.2, 0.25) is 17.7 Å². The van der Waals surface area contributed by atoms with Gasteiger partial charge in [-0.2, -0.15) is 5.26 Å². The number of hydrogen-bond acceptors (Lipinski definition) is 5. The summed E-state index contributed by atoms with van der Waals surface area (Å²) in [6.07, 6.45) is 2.57. The fourth-order valence-electron chi connectivity index (χ4n) is 4.58. The zero-order valence-electron chi connectivity index (χ0n) is 21.1. The monoisotopic (exact) mass is 519 g/mol. The van der Waals surface area contributed by atoms with E-state index >= 15 is 0 Å². The van der Waals surface area contributed by atoms with Crippen molar-refractivity contribution in [2.45, 2.75) is 37.8 Å². The number of hydrogen-bond donors (Lipinski definition) is 2. The first kappa shape index (κ1) is 26.8. The molecule has 38 heavy (non-hydrogen) atoms. The van der Waals surface area contributed by atoms with Crippen molar-refractivity contribution in [2.75, 3.05) is 25.5 Å². The van der Waals surface area contributed by atoms with Crippen molar-refractivity contribution < 1.29 is 23.6 Å². The third-order valence-corrected chi connectivity index (χ3v) is 6.91. The molecule has 1 saturated heterocycles. The van der Waals surface area contributed by atoms with Gasteiger partial charge in [-0.3, -0.25) is 19.2 Å². The fraction of sp³-hybridized carbons (Fsp3) is 0.393. The van der Waals surface area contributed by atoms with Gasteiger partial charge in [-0.15, -0.1) is 0 Å². The largest absolute Gasteiger partial charge is 0.340 e. The number of nitrogens with zero attached hydrogens (tertiary/aromatic N) is 3. The van der Waals surface area contributed by atoms with Crippen molar-refractivity contribution in [1.82, 2.24) is 15.1 Å². The summed E-state index contributed by atoms with van der Waals surface area (Å²) in [5, 5.41) is 15.1. The average molecular weight is 520 g/mol. The molecule has 0 spiro atoms. The topological polar surface area (TPSA) is 123 Å². The molecular weight excluding hydrogens is 489 g/mol. The normalized spacial score (nSPS) is 19.2. The predicted octanol–water partition coefficient (Wildman–Crippen LogP) is 2.56. The quantitative estimate of drug-likeness (QED) is 0.527. The van der Waals surface area contributed by atoms with E-state index in [2.05, 4.69) is 16.7 Å². The number of carbonyl (C=O) groups is 4. The highest BCUT2D eigenvalue weighted by Gasteiger charge is 2.40. The second-order valence-electron chi connectivity index (χ2n) is 9.89. The summed E-state index contributed by atoms with van der Waals surface area (Å²) in [6.45, 7) is -0.220. The molecule has 3 atom stereocenters. The zero-order valence-corrected chi connectivity index (χ0v) is 21.1. The van der Waals surface area contributed by atoms with E-state index in [-0.39, 0.29) is 31.0 Å². The van der Waals surface area contributed by atoms with Crippen LogP contribution in [-0.2, 0) is 14.4 Å². The zero-order chi connectivity index (χ0) is 27.2. The summed E-state index contributed by atoms with van der Waals surface area (Å²) in [5.41, 5.74) is 0.859. The Morgan fingerprint density at radius 2 is 1.79 bits per heavy atom. The number of benzene rings is 2. The van der Waals surface area contributed by atoms with Gasteiger partial charge >= 0.3 is 0 Å². The first-order valence-corrected chi connectivity index (χ1v) is 12.6. The molecule has 2 fully saturated rings. The Kier molecular flexibility index (Phi) is 8.36. The molecule has 2 aromatic carbocycles. The van der Waals surface area contributed by atoms with Crippen LogP contribution in [0.5, 0.6) is 0 Å². The lowest BCUT2D eigenvalue weighted by Crippen LogP contribution is -2.50. The minimum absolute atomic E-state index is 0.0740. The minimum atomic E-state index is -0.840. The van der Waals surface area contributed by atoms with E-state index in [1.807, 2.05) is 6.07 Å². The van der Waals surface area contributed by atoms with Crippen molar-refractivity contribution in [3.8, 4) is 6.07 Å². The third-order valence-electron chi connectivity index (χ3n) is 6.91. The second-order valence-corrected chi connectivity index (χ2v) is 9.89. The van der Waals surface area contributed by atoms with Crippen LogP contribution < -0.4 is 10.6 Å². The molecule has 1 aliphatic carbocycles. The Bertz CT molecular complexity index is 1230. The number of amides is 4. The maximum absolute atomic E-state index is 13.3. The maximum atomic E-state index is 13.3.